The predicted octanol–water partition coefficient (Wildman–Crippen LogP) is 4.18. The Morgan fingerprint density at radius 2 is 1.85 bits per heavy atom. The first-order valence-electron chi connectivity index (χ1n) is 6.84. The van der Waals surface area contributed by atoms with Gasteiger partial charge in [0.15, 0.2) is 0 Å². The molecule has 3 heteroatoms. The SMILES string of the molecule is C=C(C)N.c1ccc(Nc2ccc(C3CC3)cn2)cc1. The summed E-state index contributed by atoms with van der Waals surface area (Å²) in [6.07, 6.45) is 4.64. The van der Waals surface area contributed by atoms with E-state index >= 15 is 0 Å². The number of allylic oxidation sites excluding steroid dienone is 1. The molecule has 1 aliphatic carbocycles. The van der Waals surface area contributed by atoms with Crippen LogP contribution < -0.4 is 11.1 Å². The lowest BCUT2D eigenvalue weighted by atomic mass is 10.2. The molecule has 20 heavy (non-hydrogen) atoms. The third-order valence-corrected chi connectivity index (χ3v) is 2.88. The van der Waals surface area contributed by atoms with Crippen molar-refractivity contribution >= 4 is 11.5 Å². The monoisotopic (exact) mass is 267 g/mol. The van der Waals surface area contributed by atoms with Gasteiger partial charge in [0.25, 0.3) is 0 Å². The summed E-state index contributed by atoms with van der Waals surface area (Å²) in [6, 6.07) is 14.3. The number of nitrogens with zero attached hydrogens (tertiary/aromatic N) is 1. The van der Waals surface area contributed by atoms with Gasteiger partial charge in [-0.25, -0.2) is 4.98 Å². The molecule has 0 bridgehead atoms. The van der Waals surface area contributed by atoms with Gasteiger partial charge < -0.3 is 11.1 Å². The topological polar surface area (TPSA) is 50.9 Å². The molecule has 0 unspecified atom stereocenters. The fourth-order valence-electron chi connectivity index (χ4n) is 1.81. The van der Waals surface area contributed by atoms with Crippen LogP contribution in [0.25, 0.3) is 0 Å². The lowest BCUT2D eigenvalue weighted by molar-refractivity contribution is 1.09. The Hall–Kier alpha value is -2.29. The second-order valence-electron chi connectivity index (χ2n) is 5.09. The Balaban J connectivity index is 0.000000328. The van der Waals surface area contributed by atoms with Crippen molar-refractivity contribution in [3.63, 3.8) is 0 Å². The smallest absolute Gasteiger partial charge is 0.130 e. The standard InChI is InChI=1S/C14H14N2.C3H7N/c1-2-4-13(5-3-1)16-14-9-8-12(10-15-14)11-6-7-11;1-3(2)4/h1-5,8-11H,6-7H2,(H,15,16);1,4H2,2H3. The van der Waals surface area contributed by atoms with Crippen LogP contribution in [0.5, 0.6) is 0 Å². The van der Waals surface area contributed by atoms with E-state index in [1.54, 1.807) is 6.92 Å². The number of hydrogen-bond acceptors (Lipinski definition) is 3. The summed E-state index contributed by atoms with van der Waals surface area (Å²) in [4.78, 5) is 4.42. The van der Waals surface area contributed by atoms with Crippen LogP contribution in [0.15, 0.2) is 60.9 Å². The molecule has 3 N–H and O–H groups in total. The Morgan fingerprint density at radius 1 is 1.20 bits per heavy atom. The summed E-state index contributed by atoms with van der Waals surface area (Å²) >= 11 is 0. The molecule has 0 saturated heterocycles. The molecule has 3 nitrogen and oxygen atoms in total. The number of pyridine rings is 1. The van der Waals surface area contributed by atoms with Gasteiger partial charge >= 0.3 is 0 Å². The van der Waals surface area contributed by atoms with Crippen molar-refractivity contribution < 1.29 is 0 Å². The molecule has 0 amide bonds. The number of hydrogen-bond donors (Lipinski definition) is 2. The molecule has 1 saturated carbocycles. The van der Waals surface area contributed by atoms with E-state index in [0.29, 0.717) is 5.70 Å². The van der Waals surface area contributed by atoms with E-state index in [4.69, 9.17) is 5.73 Å². The first-order valence-corrected chi connectivity index (χ1v) is 6.84. The predicted molar refractivity (Wildman–Crippen MR) is 84.9 cm³/mol. The minimum absolute atomic E-state index is 0.667. The van der Waals surface area contributed by atoms with Crippen LogP contribution in [-0.4, -0.2) is 4.98 Å². The normalized spacial score (nSPS) is 13.1. The highest BCUT2D eigenvalue weighted by Gasteiger charge is 2.23. The summed E-state index contributed by atoms with van der Waals surface area (Å²) in [6.45, 7) is 5.08. The molecular weight excluding hydrogens is 246 g/mol. The maximum absolute atomic E-state index is 4.92. The highest BCUT2D eigenvalue weighted by Crippen LogP contribution is 2.39. The molecule has 1 aliphatic rings. The number of para-hydroxylation sites is 1. The van der Waals surface area contributed by atoms with Gasteiger partial charge in [-0.1, -0.05) is 30.8 Å². The maximum Gasteiger partial charge on any atom is 0.130 e. The number of anilines is 2. The average molecular weight is 267 g/mol. The molecule has 0 atom stereocenters. The molecule has 104 valence electrons. The molecule has 1 aromatic heterocycles. The molecule has 0 radical (unpaired) electrons. The van der Waals surface area contributed by atoms with Crippen molar-refractivity contribution in [2.75, 3.05) is 5.32 Å². The van der Waals surface area contributed by atoms with E-state index in [9.17, 15) is 0 Å². The minimum atomic E-state index is 0.667. The summed E-state index contributed by atoms with van der Waals surface area (Å²) in [5.41, 5.74) is 8.03. The van der Waals surface area contributed by atoms with E-state index in [0.717, 1.165) is 17.4 Å². The van der Waals surface area contributed by atoms with Gasteiger partial charge in [-0.05, 0) is 55.1 Å². The van der Waals surface area contributed by atoms with Crippen molar-refractivity contribution in [2.24, 2.45) is 5.73 Å². The number of rotatable bonds is 3. The summed E-state index contributed by atoms with van der Waals surface area (Å²) in [5, 5.41) is 3.28. The van der Waals surface area contributed by atoms with Gasteiger partial charge in [0, 0.05) is 11.9 Å². The second-order valence-corrected chi connectivity index (χ2v) is 5.09. The molecule has 1 heterocycles. The Kier molecular flexibility index (Phi) is 4.77. The van der Waals surface area contributed by atoms with Crippen molar-refractivity contribution in [3.8, 4) is 0 Å². The largest absolute Gasteiger partial charge is 0.403 e. The van der Waals surface area contributed by atoms with Crippen LogP contribution in [0.3, 0.4) is 0 Å². The van der Waals surface area contributed by atoms with Gasteiger partial charge in [-0.2, -0.15) is 0 Å². The van der Waals surface area contributed by atoms with Crippen molar-refractivity contribution in [3.05, 3.63) is 66.5 Å². The number of nitrogens with two attached hydrogens (primary N) is 1. The Morgan fingerprint density at radius 3 is 2.35 bits per heavy atom. The van der Waals surface area contributed by atoms with Crippen LogP contribution in [0, 0.1) is 0 Å². The van der Waals surface area contributed by atoms with Gasteiger partial charge in [-0.3, -0.25) is 0 Å². The molecule has 2 aromatic rings. The van der Waals surface area contributed by atoms with Gasteiger partial charge in [0.2, 0.25) is 0 Å². The van der Waals surface area contributed by atoms with Crippen molar-refractivity contribution in [2.45, 2.75) is 25.7 Å². The Bertz CT molecular complexity index is 538. The zero-order valence-electron chi connectivity index (χ0n) is 11.8. The number of nitrogens with one attached hydrogen (secondary N) is 1. The quantitative estimate of drug-likeness (QED) is 0.877. The van der Waals surface area contributed by atoms with E-state index in [1.165, 1.54) is 18.4 Å². The van der Waals surface area contributed by atoms with E-state index in [2.05, 4.69) is 29.0 Å². The van der Waals surface area contributed by atoms with Crippen molar-refractivity contribution in [1.82, 2.24) is 4.98 Å². The molecule has 3 rings (SSSR count). The lowest BCUT2D eigenvalue weighted by Crippen LogP contribution is -1.93. The van der Waals surface area contributed by atoms with Gasteiger partial charge in [-0.15, -0.1) is 0 Å². The summed E-state index contributed by atoms with van der Waals surface area (Å²) < 4.78 is 0. The third-order valence-electron chi connectivity index (χ3n) is 2.88. The average Bonchev–Trinajstić information content (AvgIpc) is 3.25. The van der Waals surface area contributed by atoms with Crippen LogP contribution in [0.2, 0.25) is 0 Å². The second kappa shape index (κ2) is 6.75. The van der Waals surface area contributed by atoms with E-state index in [-0.39, 0.29) is 0 Å². The fraction of sp³-hybridized carbons (Fsp3) is 0.235. The first kappa shape index (κ1) is 14.1. The zero-order valence-corrected chi connectivity index (χ0v) is 11.8. The van der Waals surface area contributed by atoms with Crippen LogP contribution >= 0.6 is 0 Å². The van der Waals surface area contributed by atoms with E-state index in [1.807, 2.05) is 36.5 Å². The van der Waals surface area contributed by atoms with Crippen LogP contribution in [0.4, 0.5) is 11.5 Å². The highest BCUT2D eigenvalue weighted by molar-refractivity contribution is 5.55. The minimum Gasteiger partial charge on any atom is -0.403 e. The number of aromatic nitrogens is 1. The molecule has 1 aromatic carbocycles. The highest BCUT2D eigenvalue weighted by atomic mass is 15.0. The van der Waals surface area contributed by atoms with Gasteiger partial charge in [0.05, 0.1) is 0 Å². The summed E-state index contributed by atoms with van der Waals surface area (Å²) in [5.74, 6) is 1.69. The summed E-state index contributed by atoms with van der Waals surface area (Å²) in [7, 11) is 0. The maximum atomic E-state index is 4.92. The fourth-order valence-corrected chi connectivity index (χ4v) is 1.81. The van der Waals surface area contributed by atoms with Gasteiger partial charge in [0.1, 0.15) is 5.82 Å². The lowest BCUT2D eigenvalue weighted by Gasteiger charge is -2.05. The van der Waals surface area contributed by atoms with Crippen LogP contribution in [-0.2, 0) is 0 Å². The molecule has 0 spiro atoms. The molecular formula is C17H21N3. The van der Waals surface area contributed by atoms with Crippen molar-refractivity contribution in [1.29, 1.82) is 0 Å². The van der Waals surface area contributed by atoms with Crippen LogP contribution in [0.1, 0.15) is 31.2 Å². The molecule has 0 aliphatic heterocycles. The van der Waals surface area contributed by atoms with E-state index < -0.39 is 0 Å². The number of benzene rings is 1. The zero-order chi connectivity index (χ0) is 14.4. The first-order chi connectivity index (χ1) is 9.65. The Labute approximate surface area is 120 Å². The molecule has 1 fully saturated rings. The third kappa shape index (κ3) is 4.76.